The highest BCUT2D eigenvalue weighted by molar-refractivity contribution is 6.02. The molecule has 0 fully saturated rings. The maximum Gasteiger partial charge on any atom is 0.411 e. The fourth-order valence-corrected chi connectivity index (χ4v) is 1.83. The summed E-state index contributed by atoms with van der Waals surface area (Å²) in [5.74, 6) is -0.732. The van der Waals surface area contributed by atoms with E-state index in [1.165, 1.54) is 36.6 Å². The number of anilines is 1. The van der Waals surface area contributed by atoms with Crippen molar-refractivity contribution in [1.29, 1.82) is 0 Å². The van der Waals surface area contributed by atoms with Crippen molar-refractivity contribution in [2.24, 2.45) is 0 Å². The Morgan fingerprint density at radius 3 is 2.40 bits per heavy atom. The molecule has 6 nitrogen and oxygen atoms in total. The Hall–Kier alpha value is -2.81. The summed E-state index contributed by atoms with van der Waals surface area (Å²) in [6.45, 7) is -1.65. The zero-order chi connectivity index (χ0) is 18.3. The molecule has 0 aliphatic carbocycles. The highest BCUT2D eigenvalue weighted by atomic mass is 19.4. The zero-order valence-corrected chi connectivity index (χ0v) is 12.9. The summed E-state index contributed by atoms with van der Waals surface area (Å²) in [6.07, 6.45) is -3.01. The first kappa shape index (κ1) is 18.5. The topological polar surface area (TPSA) is 80.6 Å². The van der Waals surface area contributed by atoms with Gasteiger partial charge in [-0.3, -0.25) is 9.59 Å². The molecule has 0 bridgehead atoms. The lowest BCUT2D eigenvalue weighted by molar-refractivity contribution is -0.173. The lowest BCUT2D eigenvalue weighted by Gasteiger charge is -2.09. The summed E-state index contributed by atoms with van der Waals surface area (Å²) < 4.78 is 45.0. The number of benzene rings is 1. The van der Waals surface area contributed by atoms with Crippen LogP contribution in [0.1, 0.15) is 20.9 Å². The standard InChI is InChI=1S/C16H15F3N2O4/c17-16(18,19)10-24-9-7-20-14(22)11-3-5-12(6-4-11)21-15(23)13-2-1-8-25-13/h1-6,8H,7,9-10H2,(H,20,22)(H,21,23). The lowest BCUT2D eigenvalue weighted by Crippen LogP contribution is -2.28. The third-order valence-electron chi connectivity index (χ3n) is 2.95. The van der Waals surface area contributed by atoms with Gasteiger partial charge in [-0.2, -0.15) is 13.2 Å². The molecule has 0 saturated heterocycles. The van der Waals surface area contributed by atoms with Gasteiger partial charge in [-0.05, 0) is 36.4 Å². The third-order valence-corrected chi connectivity index (χ3v) is 2.95. The van der Waals surface area contributed by atoms with Crippen LogP contribution in [0.3, 0.4) is 0 Å². The van der Waals surface area contributed by atoms with Gasteiger partial charge in [0.15, 0.2) is 5.76 Å². The van der Waals surface area contributed by atoms with Gasteiger partial charge < -0.3 is 19.8 Å². The fourth-order valence-electron chi connectivity index (χ4n) is 1.83. The van der Waals surface area contributed by atoms with E-state index in [9.17, 15) is 22.8 Å². The molecule has 1 aromatic carbocycles. The van der Waals surface area contributed by atoms with E-state index in [0.717, 1.165) is 0 Å². The average molecular weight is 356 g/mol. The molecule has 2 rings (SSSR count). The van der Waals surface area contributed by atoms with E-state index in [4.69, 9.17) is 4.42 Å². The van der Waals surface area contributed by atoms with Gasteiger partial charge in [0, 0.05) is 17.8 Å². The molecule has 9 heteroatoms. The smallest absolute Gasteiger partial charge is 0.411 e. The number of furan rings is 1. The van der Waals surface area contributed by atoms with Crippen LogP contribution < -0.4 is 10.6 Å². The molecule has 1 heterocycles. The van der Waals surface area contributed by atoms with Crippen molar-refractivity contribution < 1.29 is 31.9 Å². The van der Waals surface area contributed by atoms with Gasteiger partial charge >= 0.3 is 6.18 Å². The van der Waals surface area contributed by atoms with Crippen LogP contribution in [-0.4, -0.2) is 37.7 Å². The minimum absolute atomic E-state index is 0.0497. The second-order valence-corrected chi connectivity index (χ2v) is 4.93. The molecular formula is C16H15F3N2O4. The van der Waals surface area contributed by atoms with Gasteiger partial charge in [0.05, 0.1) is 12.9 Å². The fraction of sp³-hybridized carbons (Fsp3) is 0.250. The van der Waals surface area contributed by atoms with Gasteiger partial charge in [0.2, 0.25) is 0 Å². The van der Waals surface area contributed by atoms with E-state index in [1.54, 1.807) is 6.07 Å². The van der Waals surface area contributed by atoms with Crippen LogP contribution in [-0.2, 0) is 4.74 Å². The Kier molecular flexibility index (Phi) is 6.18. The molecule has 0 radical (unpaired) electrons. The Morgan fingerprint density at radius 2 is 1.80 bits per heavy atom. The number of halogens is 3. The monoisotopic (exact) mass is 356 g/mol. The molecule has 0 spiro atoms. The Labute approximate surface area is 141 Å². The minimum atomic E-state index is -4.39. The van der Waals surface area contributed by atoms with E-state index in [1.807, 2.05) is 0 Å². The molecule has 2 N–H and O–H groups in total. The van der Waals surface area contributed by atoms with Crippen LogP contribution >= 0.6 is 0 Å². The van der Waals surface area contributed by atoms with Crippen molar-refractivity contribution in [3.8, 4) is 0 Å². The van der Waals surface area contributed by atoms with Crippen molar-refractivity contribution in [2.75, 3.05) is 25.1 Å². The van der Waals surface area contributed by atoms with Gasteiger partial charge in [-0.15, -0.1) is 0 Å². The van der Waals surface area contributed by atoms with E-state index < -0.39 is 24.6 Å². The first-order chi connectivity index (χ1) is 11.8. The molecule has 0 saturated carbocycles. The normalized spacial score (nSPS) is 11.2. The molecule has 2 amide bonds. The number of carbonyl (C=O) groups excluding carboxylic acids is 2. The first-order valence-electron chi connectivity index (χ1n) is 7.23. The summed E-state index contributed by atoms with van der Waals surface area (Å²) in [6, 6.07) is 9.10. The number of nitrogens with one attached hydrogen (secondary N) is 2. The molecular weight excluding hydrogens is 341 g/mol. The Balaban J connectivity index is 1.77. The summed E-state index contributed by atoms with van der Waals surface area (Å²) >= 11 is 0. The molecule has 0 atom stereocenters. The van der Waals surface area contributed by atoms with E-state index >= 15 is 0 Å². The minimum Gasteiger partial charge on any atom is -0.459 e. The number of alkyl halides is 3. The molecule has 134 valence electrons. The SMILES string of the molecule is O=C(NCCOCC(F)(F)F)c1ccc(NC(=O)c2ccco2)cc1. The van der Waals surface area contributed by atoms with E-state index in [2.05, 4.69) is 15.4 Å². The zero-order valence-electron chi connectivity index (χ0n) is 12.9. The third kappa shape index (κ3) is 6.30. The van der Waals surface area contributed by atoms with Crippen LogP contribution in [0.2, 0.25) is 0 Å². The number of carbonyl (C=O) groups is 2. The van der Waals surface area contributed by atoms with Crippen LogP contribution in [0.15, 0.2) is 47.1 Å². The maximum atomic E-state index is 11.9. The summed E-state index contributed by atoms with van der Waals surface area (Å²) in [5, 5.41) is 5.03. The molecule has 0 aliphatic heterocycles. The Morgan fingerprint density at radius 1 is 1.08 bits per heavy atom. The van der Waals surface area contributed by atoms with Crippen molar-refractivity contribution in [1.82, 2.24) is 5.32 Å². The van der Waals surface area contributed by atoms with Crippen molar-refractivity contribution >= 4 is 17.5 Å². The average Bonchev–Trinajstić information content (AvgIpc) is 3.08. The van der Waals surface area contributed by atoms with Gasteiger partial charge in [-0.25, -0.2) is 0 Å². The van der Waals surface area contributed by atoms with Crippen LogP contribution in [0.5, 0.6) is 0 Å². The maximum absolute atomic E-state index is 11.9. The van der Waals surface area contributed by atoms with Gasteiger partial charge in [-0.1, -0.05) is 0 Å². The number of ether oxygens (including phenoxy) is 1. The summed E-state index contributed by atoms with van der Waals surface area (Å²) in [4.78, 5) is 23.6. The molecule has 25 heavy (non-hydrogen) atoms. The number of rotatable bonds is 7. The number of amides is 2. The Bertz CT molecular complexity index is 697. The van der Waals surface area contributed by atoms with Crippen LogP contribution in [0.4, 0.5) is 18.9 Å². The van der Waals surface area contributed by atoms with Crippen LogP contribution in [0, 0.1) is 0 Å². The second kappa shape index (κ2) is 8.34. The van der Waals surface area contributed by atoms with Crippen molar-refractivity contribution in [3.63, 3.8) is 0 Å². The highest BCUT2D eigenvalue weighted by Crippen LogP contribution is 2.14. The molecule has 0 unspecified atom stereocenters. The van der Waals surface area contributed by atoms with E-state index in [-0.39, 0.29) is 18.9 Å². The number of hydrogen-bond acceptors (Lipinski definition) is 4. The number of hydrogen-bond donors (Lipinski definition) is 2. The van der Waals surface area contributed by atoms with E-state index in [0.29, 0.717) is 11.3 Å². The summed E-state index contributed by atoms with van der Waals surface area (Å²) in [7, 11) is 0. The highest BCUT2D eigenvalue weighted by Gasteiger charge is 2.27. The van der Waals surface area contributed by atoms with Gasteiger partial charge in [0.25, 0.3) is 11.8 Å². The second-order valence-electron chi connectivity index (χ2n) is 4.93. The summed E-state index contributed by atoms with van der Waals surface area (Å²) in [5.41, 5.74) is 0.762. The first-order valence-corrected chi connectivity index (χ1v) is 7.23. The molecule has 0 aliphatic rings. The lowest BCUT2D eigenvalue weighted by atomic mass is 10.2. The van der Waals surface area contributed by atoms with Crippen molar-refractivity contribution in [3.05, 3.63) is 54.0 Å². The predicted molar refractivity (Wildman–Crippen MR) is 82.3 cm³/mol. The molecule has 2 aromatic rings. The van der Waals surface area contributed by atoms with Crippen molar-refractivity contribution in [2.45, 2.75) is 6.18 Å². The molecule has 1 aromatic heterocycles. The quantitative estimate of drug-likeness (QED) is 0.748. The van der Waals surface area contributed by atoms with Crippen LogP contribution in [0.25, 0.3) is 0 Å². The predicted octanol–water partition coefficient (Wildman–Crippen LogP) is 2.84. The van der Waals surface area contributed by atoms with Gasteiger partial charge in [0.1, 0.15) is 6.61 Å². The largest absolute Gasteiger partial charge is 0.459 e.